The van der Waals surface area contributed by atoms with Gasteiger partial charge in [0.05, 0.1) is 0 Å². The van der Waals surface area contributed by atoms with E-state index in [-0.39, 0.29) is 0 Å². The monoisotopic (exact) mass is 252 g/mol. The Morgan fingerprint density at radius 1 is 1.11 bits per heavy atom. The number of carbonyl (C=O) groups excluding carboxylic acids is 1. The molecule has 1 amide bonds. The van der Waals surface area contributed by atoms with Gasteiger partial charge in [0.15, 0.2) is 0 Å². The van der Waals surface area contributed by atoms with E-state index in [9.17, 15) is 4.79 Å². The third-order valence-electron chi connectivity index (χ3n) is 2.42. The van der Waals surface area contributed by atoms with Gasteiger partial charge in [-0.25, -0.2) is 0 Å². The molecule has 0 saturated heterocycles. The molecule has 0 aliphatic rings. The Hall–Kier alpha value is -1.59. The lowest BCUT2D eigenvalue weighted by molar-refractivity contribution is 0.0960. The predicted octanol–water partition coefficient (Wildman–Crippen LogP) is 1.58. The summed E-state index contributed by atoms with van der Waals surface area (Å²) in [5, 5.41) is 0. The van der Waals surface area contributed by atoms with Gasteiger partial charge in [-0.2, -0.15) is 0 Å². The van der Waals surface area contributed by atoms with Crippen LogP contribution < -0.4 is 10.6 Å². The minimum atomic E-state index is -0.428. The second kappa shape index (κ2) is 7.68. The molecule has 1 rings (SSSR count). The number of hydrogen-bond acceptors (Lipinski definition) is 4. The molecule has 0 saturated carbocycles. The molecule has 100 valence electrons. The number of rotatable bonds is 8. The number of nitrogens with two attached hydrogens (primary N) is 1. The molecule has 0 heterocycles. The van der Waals surface area contributed by atoms with Gasteiger partial charge in [0.25, 0.3) is 0 Å². The summed E-state index contributed by atoms with van der Waals surface area (Å²) in [6.07, 6.45) is 0. The Kier molecular flexibility index (Phi) is 6.18. The van der Waals surface area contributed by atoms with Crippen LogP contribution >= 0.6 is 0 Å². The van der Waals surface area contributed by atoms with Gasteiger partial charge >= 0.3 is 0 Å². The molecule has 0 aromatic heterocycles. The second-order valence-electron chi connectivity index (χ2n) is 3.69. The first kappa shape index (κ1) is 14.5. The molecule has 0 bridgehead atoms. The van der Waals surface area contributed by atoms with E-state index in [1.54, 1.807) is 12.1 Å². The predicted molar refractivity (Wildman–Crippen MR) is 70.4 cm³/mol. The normalized spacial score (nSPS) is 10.3. The van der Waals surface area contributed by atoms with Crippen LogP contribution in [0.5, 0.6) is 0 Å². The molecule has 0 aliphatic carbocycles. The molecule has 1 aromatic rings. The van der Waals surface area contributed by atoms with Gasteiger partial charge in [0.2, 0.25) is 5.91 Å². The van der Waals surface area contributed by atoms with Crippen LogP contribution in [0, 0.1) is 0 Å². The minimum Gasteiger partial charge on any atom is -0.366 e. The van der Waals surface area contributed by atoms with Crippen molar-refractivity contribution in [1.29, 1.82) is 0 Å². The lowest BCUT2D eigenvalue weighted by atomic mass is 10.2. The van der Waals surface area contributed by atoms with Crippen molar-refractivity contribution < 1.29 is 14.3 Å². The molecule has 0 unspecified atom stereocenters. The van der Waals surface area contributed by atoms with Gasteiger partial charge in [0.1, 0.15) is 13.5 Å². The summed E-state index contributed by atoms with van der Waals surface area (Å²) in [7, 11) is 0. The van der Waals surface area contributed by atoms with E-state index in [1.807, 2.05) is 30.9 Å². The van der Waals surface area contributed by atoms with Crippen LogP contribution in [-0.4, -0.2) is 32.6 Å². The maximum Gasteiger partial charge on any atom is 0.248 e. The van der Waals surface area contributed by atoms with E-state index in [4.69, 9.17) is 15.2 Å². The molecule has 5 nitrogen and oxygen atoms in total. The Morgan fingerprint density at radius 3 is 2.00 bits per heavy atom. The van der Waals surface area contributed by atoms with Gasteiger partial charge in [0, 0.05) is 24.5 Å². The molecule has 0 aliphatic heterocycles. The fourth-order valence-electron chi connectivity index (χ4n) is 1.43. The van der Waals surface area contributed by atoms with E-state index < -0.39 is 5.91 Å². The SMILES string of the molecule is CCOCN(COCC)c1ccc(C(N)=O)cc1. The number of anilines is 1. The zero-order valence-electron chi connectivity index (χ0n) is 10.9. The number of benzene rings is 1. The molecule has 2 N–H and O–H groups in total. The van der Waals surface area contributed by atoms with Gasteiger partial charge in [-0.15, -0.1) is 0 Å². The van der Waals surface area contributed by atoms with E-state index in [1.165, 1.54) is 0 Å². The molecule has 1 aromatic carbocycles. The molecule has 18 heavy (non-hydrogen) atoms. The highest BCUT2D eigenvalue weighted by Crippen LogP contribution is 2.15. The van der Waals surface area contributed by atoms with E-state index >= 15 is 0 Å². The van der Waals surface area contributed by atoms with Crippen molar-refractivity contribution in [3.63, 3.8) is 0 Å². The Morgan fingerprint density at radius 2 is 1.61 bits per heavy atom. The molecule has 0 atom stereocenters. The Labute approximate surface area is 107 Å². The molecular formula is C13H20N2O3. The summed E-state index contributed by atoms with van der Waals surface area (Å²) in [5.74, 6) is -0.428. The van der Waals surface area contributed by atoms with Gasteiger partial charge < -0.3 is 20.1 Å². The van der Waals surface area contributed by atoms with Crippen LogP contribution in [0.3, 0.4) is 0 Å². The quantitative estimate of drug-likeness (QED) is 0.713. The van der Waals surface area contributed by atoms with Gasteiger partial charge in [-0.3, -0.25) is 4.79 Å². The molecular weight excluding hydrogens is 232 g/mol. The molecule has 0 spiro atoms. The first-order valence-electron chi connectivity index (χ1n) is 5.99. The van der Waals surface area contributed by atoms with Crippen molar-refractivity contribution in [3.05, 3.63) is 29.8 Å². The summed E-state index contributed by atoms with van der Waals surface area (Å²) in [6, 6.07) is 7.06. The maximum atomic E-state index is 11.0. The standard InChI is InChI=1S/C13H20N2O3/c1-3-17-9-15(10-18-4-2)12-7-5-11(6-8-12)13(14)16/h5-8H,3-4,9-10H2,1-2H3,(H2,14,16). The van der Waals surface area contributed by atoms with Crippen LogP contribution in [0.4, 0.5) is 5.69 Å². The molecule has 5 heteroatoms. The van der Waals surface area contributed by atoms with E-state index in [0.717, 1.165) is 5.69 Å². The first-order valence-corrected chi connectivity index (χ1v) is 5.99. The Balaban J connectivity index is 2.73. The largest absolute Gasteiger partial charge is 0.366 e. The minimum absolute atomic E-state index is 0.428. The zero-order valence-corrected chi connectivity index (χ0v) is 10.9. The molecule has 0 fully saturated rings. The van der Waals surface area contributed by atoms with Crippen LogP contribution in [0.1, 0.15) is 24.2 Å². The summed E-state index contributed by atoms with van der Waals surface area (Å²) >= 11 is 0. The topological polar surface area (TPSA) is 64.8 Å². The third-order valence-corrected chi connectivity index (χ3v) is 2.42. The average Bonchev–Trinajstić information content (AvgIpc) is 2.39. The van der Waals surface area contributed by atoms with Crippen LogP contribution in [0.25, 0.3) is 0 Å². The van der Waals surface area contributed by atoms with E-state index in [0.29, 0.717) is 32.2 Å². The summed E-state index contributed by atoms with van der Waals surface area (Å²) in [4.78, 5) is 12.9. The highest BCUT2D eigenvalue weighted by molar-refractivity contribution is 5.93. The summed E-state index contributed by atoms with van der Waals surface area (Å²) in [5.41, 5.74) is 6.62. The third kappa shape index (κ3) is 4.35. The number of carbonyl (C=O) groups is 1. The van der Waals surface area contributed by atoms with Crippen molar-refractivity contribution in [2.45, 2.75) is 13.8 Å². The van der Waals surface area contributed by atoms with Crippen molar-refractivity contribution in [2.75, 3.05) is 31.6 Å². The molecule has 0 radical (unpaired) electrons. The van der Waals surface area contributed by atoms with Crippen molar-refractivity contribution >= 4 is 11.6 Å². The summed E-state index contributed by atoms with van der Waals surface area (Å²) in [6.45, 7) is 6.06. The first-order chi connectivity index (χ1) is 8.69. The number of nitrogens with zero attached hydrogens (tertiary/aromatic N) is 1. The van der Waals surface area contributed by atoms with Gasteiger partial charge in [-0.1, -0.05) is 0 Å². The van der Waals surface area contributed by atoms with Crippen molar-refractivity contribution in [3.8, 4) is 0 Å². The van der Waals surface area contributed by atoms with Crippen LogP contribution in [0.2, 0.25) is 0 Å². The fourth-order valence-corrected chi connectivity index (χ4v) is 1.43. The zero-order chi connectivity index (χ0) is 13.4. The van der Waals surface area contributed by atoms with Crippen molar-refractivity contribution in [1.82, 2.24) is 0 Å². The maximum absolute atomic E-state index is 11.0. The van der Waals surface area contributed by atoms with Gasteiger partial charge in [-0.05, 0) is 38.1 Å². The Bertz CT molecular complexity index is 357. The van der Waals surface area contributed by atoms with Crippen molar-refractivity contribution in [2.24, 2.45) is 5.73 Å². The number of amides is 1. The van der Waals surface area contributed by atoms with Crippen LogP contribution in [0.15, 0.2) is 24.3 Å². The number of hydrogen-bond donors (Lipinski definition) is 1. The fraction of sp³-hybridized carbons (Fsp3) is 0.462. The number of ether oxygens (including phenoxy) is 2. The van der Waals surface area contributed by atoms with Crippen LogP contribution in [-0.2, 0) is 9.47 Å². The second-order valence-corrected chi connectivity index (χ2v) is 3.69. The number of primary amides is 1. The highest BCUT2D eigenvalue weighted by Gasteiger charge is 2.07. The smallest absolute Gasteiger partial charge is 0.248 e. The average molecular weight is 252 g/mol. The lowest BCUT2D eigenvalue weighted by Gasteiger charge is -2.24. The highest BCUT2D eigenvalue weighted by atomic mass is 16.5. The summed E-state index contributed by atoms with van der Waals surface area (Å²) < 4.78 is 10.8. The lowest BCUT2D eigenvalue weighted by Crippen LogP contribution is -2.29. The van der Waals surface area contributed by atoms with E-state index in [2.05, 4.69) is 0 Å².